The molecule has 2 N–H and O–H groups in total. The van der Waals surface area contributed by atoms with Crippen molar-refractivity contribution >= 4 is 23.6 Å². The quantitative estimate of drug-likeness (QED) is 0.384. The van der Waals surface area contributed by atoms with Crippen LogP contribution in [-0.2, 0) is 14.4 Å². The van der Waals surface area contributed by atoms with E-state index in [0.29, 0.717) is 11.3 Å². The normalized spacial score (nSPS) is 9.59. The molecule has 27 heavy (non-hydrogen) atoms. The van der Waals surface area contributed by atoms with Crippen LogP contribution < -0.4 is 19.9 Å². The van der Waals surface area contributed by atoms with E-state index in [0.717, 1.165) is 0 Å². The largest absolute Gasteiger partial charge is 0.426 e. The van der Waals surface area contributed by atoms with Gasteiger partial charge in [0.25, 0.3) is 0 Å². The van der Waals surface area contributed by atoms with Gasteiger partial charge in [-0.2, -0.15) is 0 Å². The van der Waals surface area contributed by atoms with E-state index in [4.69, 9.17) is 19.9 Å². The van der Waals surface area contributed by atoms with Crippen LogP contribution in [-0.4, -0.2) is 17.9 Å². The molecule has 2 rings (SSSR count). The van der Waals surface area contributed by atoms with Gasteiger partial charge in [-0.25, -0.2) is 0 Å². The van der Waals surface area contributed by atoms with E-state index >= 15 is 0 Å². The summed E-state index contributed by atoms with van der Waals surface area (Å²) in [6, 6.07) is 9.57. The minimum Gasteiger partial charge on any atom is -0.426 e. The molecule has 0 amide bonds. The zero-order chi connectivity index (χ0) is 20.0. The first-order valence-corrected chi connectivity index (χ1v) is 7.86. The first kappa shape index (κ1) is 19.5. The average molecular weight is 367 g/mol. The predicted molar refractivity (Wildman–Crippen MR) is 97.2 cm³/mol. The number of carbonyl (C=O) groups is 3. The van der Waals surface area contributed by atoms with Gasteiger partial charge >= 0.3 is 17.9 Å². The van der Waals surface area contributed by atoms with E-state index in [1.807, 2.05) is 0 Å². The minimum atomic E-state index is -0.619. The lowest BCUT2D eigenvalue weighted by Gasteiger charge is -2.12. The maximum Gasteiger partial charge on any atom is 0.308 e. The molecule has 0 bridgehead atoms. The van der Waals surface area contributed by atoms with E-state index in [1.165, 1.54) is 32.9 Å². The molecule has 0 saturated carbocycles. The molecule has 0 aromatic heterocycles. The Morgan fingerprint density at radius 1 is 0.815 bits per heavy atom. The number of esters is 3. The van der Waals surface area contributed by atoms with Crippen molar-refractivity contribution in [2.45, 2.75) is 20.8 Å². The van der Waals surface area contributed by atoms with Crippen LogP contribution in [0.25, 0.3) is 0 Å². The van der Waals surface area contributed by atoms with Crippen LogP contribution in [0, 0.1) is 11.8 Å². The van der Waals surface area contributed by atoms with Crippen molar-refractivity contribution < 1.29 is 28.6 Å². The second-order valence-electron chi connectivity index (χ2n) is 5.41. The molecule has 2 aromatic rings. The van der Waals surface area contributed by atoms with Crippen molar-refractivity contribution in [2.75, 3.05) is 5.73 Å². The molecule has 0 spiro atoms. The highest BCUT2D eigenvalue weighted by Gasteiger charge is 2.17. The maximum atomic E-state index is 11.5. The summed E-state index contributed by atoms with van der Waals surface area (Å²) in [4.78, 5) is 34.1. The van der Waals surface area contributed by atoms with E-state index in [9.17, 15) is 14.4 Å². The molecule has 0 aliphatic heterocycles. The first-order valence-electron chi connectivity index (χ1n) is 7.86. The standard InChI is InChI=1S/C20H17NO6/c1-12(22)25-16-10-19(26-13(2)23)17(20(11-16)27-14(3)24)9-8-15-6-4-5-7-18(15)21/h4-7,10-11H,21H2,1-3H3. The Bertz CT molecular complexity index is 931. The van der Waals surface area contributed by atoms with Crippen LogP contribution in [0.5, 0.6) is 17.2 Å². The van der Waals surface area contributed by atoms with Crippen molar-refractivity contribution in [3.63, 3.8) is 0 Å². The molecule has 0 heterocycles. The molecule has 0 aliphatic rings. The van der Waals surface area contributed by atoms with Gasteiger partial charge in [0, 0.05) is 44.2 Å². The number of carbonyl (C=O) groups excluding carboxylic acids is 3. The number of rotatable bonds is 3. The molecule has 0 atom stereocenters. The van der Waals surface area contributed by atoms with Gasteiger partial charge in [-0.05, 0) is 12.1 Å². The monoisotopic (exact) mass is 367 g/mol. The Morgan fingerprint density at radius 2 is 1.33 bits per heavy atom. The predicted octanol–water partition coefficient (Wildman–Crippen LogP) is 2.44. The summed E-state index contributed by atoms with van der Waals surface area (Å²) >= 11 is 0. The van der Waals surface area contributed by atoms with Crippen LogP contribution in [0.15, 0.2) is 36.4 Å². The van der Waals surface area contributed by atoms with Gasteiger partial charge in [-0.15, -0.1) is 0 Å². The van der Waals surface area contributed by atoms with Gasteiger partial charge < -0.3 is 19.9 Å². The highest BCUT2D eigenvalue weighted by molar-refractivity contribution is 5.77. The van der Waals surface area contributed by atoms with Crippen molar-refractivity contribution in [1.82, 2.24) is 0 Å². The summed E-state index contributed by atoms with van der Waals surface area (Å²) in [5.41, 5.74) is 7.02. The highest BCUT2D eigenvalue weighted by Crippen LogP contribution is 2.34. The van der Waals surface area contributed by atoms with Crippen LogP contribution in [0.1, 0.15) is 31.9 Å². The fourth-order valence-corrected chi connectivity index (χ4v) is 2.13. The zero-order valence-corrected chi connectivity index (χ0v) is 15.0. The molecule has 0 fully saturated rings. The summed E-state index contributed by atoms with van der Waals surface area (Å²) in [6.07, 6.45) is 0. The lowest BCUT2D eigenvalue weighted by atomic mass is 10.1. The second-order valence-corrected chi connectivity index (χ2v) is 5.41. The summed E-state index contributed by atoms with van der Waals surface area (Å²) in [6.45, 7) is 3.62. The summed E-state index contributed by atoms with van der Waals surface area (Å²) in [5.74, 6) is 3.84. The molecule has 0 aliphatic carbocycles. The lowest BCUT2D eigenvalue weighted by Crippen LogP contribution is -2.09. The molecule has 138 valence electrons. The Hall–Kier alpha value is -3.79. The van der Waals surface area contributed by atoms with E-state index in [2.05, 4.69) is 11.8 Å². The van der Waals surface area contributed by atoms with Gasteiger partial charge in [0.05, 0.1) is 0 Å². The van der Waals surface area contributed by atoms with Gasteiger partial charge in [0.2, 0.25) is 0 Å². The lowest BCUT2D eigenvalue weighted by molar-refractivity contribution is -0.132. The molecule has 2 aromatic carbocycles. The summed E-state index contributed by atoms with van der Waals surface area (Å²) in [5, 5.41) is 0. The van der Waals surface area contributed by atoms with Gasteiger partial charge in [0.1, 0.15) is 11.3 Å². The third-order valence-corrected chi connectivity index (χ3v) is 3.09. The number of ether oxygens (including phenoxy) is 3. The van der Waals surface area contributed by atoms with Gasteiger partial charge in [-0.1, -0.05) is 24.0 Å². The highest BCUT2D eigenvalue weighted by atomic mass is 16.6. The van der Waals surface area contributed by atoms with Crippen molar-refractivity contribution in [1.29, 1.82) is 0 Å². The van der Waals surface area contributed by atoms with Crippen molar-refractivity contribution in [3.05, 3.63) is 47.5 Å². The first-order chi connectivity index (χ1) is 12.8. The van der Waals surface area contributed by atoms with Crippen molar-refractivity contribution in [3.8, 4) is 29.1 Å². The zero-order valence-electron chi connectivity index (χ0n) is 15.0. The number of nitrogen functional groups attached to an aromatic ring is 1. The fraction of sp³-hybridized carbons (Fsp3) is 0.150. The Kier molecular flexibility index (Phi) is 6.18. The molecule has 7 heteroatoms. The van der Waals surface area contributed by atoms with E-state index in [-0.39, 0.29) is 22.8 Å². The Labute approximate surface area is 156 Å². The van der Waals surface area contributed by atoms with Gasteiger partial charge in [0.15, 0.2) is 11.5 Å². The molecule has 7 nitrogen and oxygen atoms in total. The Balaban J connectivity index is 2.64. The SMILES string of the molecule is CC(=O)Oc1cc(OC(C)=O)c(C#Cc2ccccc2N)c(OC(C)=O)c1. The summed E-state index contributed by atoms with van der Waals surface area (Å²) < 4.78 is 15.3. The number of para-hydroxylation sites is 1. The van der Waals surface area contributed by atoms with Crippen LogP contribution in [0.4, 0.5) is 5.69 Å². The Morgan fingerprint density at radius 3 is 1.81 bits per heavy atom. The van der Waals surface area contributed by atoms with Crippen LogP contribution >= 0.6 is 0 Å². The van der Waals surface area contributed by atoms with E-state index in [1.54, 1.807) is 24.3 Å². The molecule has 0 saturated heterocycles. The maximum absolute atomic E-state index is 11.5. The van der Waals surface area contributed by atoms with Crippen LogP contribution in [0.3, 0.4) is 0 Å². The summed E-state index contributed by atoms with van der Waals surface area (Å²) in [7, 11) is 0. The molecular formula is C20H17NO6. The number of anilines is 1. The molecular weight excluding hydrogens is 350 g/mol. The number of hydrogen-bond donors (Lipinski definition) is 1. The van der Waals surface area contributed by atoms with Crippen molar-refractivity contribution in [2.24, 2.45) is 0 Å². The number of nitrogens with two attached hydrogens (primary N) is 1. The van der Waals surface area contributed by atoms with Crippen LogP contribution in [0.2, 0.25) is 0 Å². The fourth-order valence-electron chi connectivity index (χ4n) is 2.13. The molecule has 0 radical (unpaired) electrons. The smallest absolute Gasteiger partial charge is 0.308 e. The minimum absolute atomic E-state index is 0.0143. The number of hydrogen-bond acceptors (Lipinski definition) is 7. The third kappa shape index (κ3) is 5.61. The third-order valence-electron chi connectivity index (χ3n) is 3.09. The average Bonchev–Trinajstić information content (AvgIpc) is 2.54. The topological polar surface area (TPSA) is 105 Å². The number of benzene rings is 2. The second kappa shape index (κ2) is 8.54. The van der Waals surface area contributed by atoms with Gasteiger partial charge in [-0.3, -0.25) is 14.4 Å². The van der Waals surface area contributed by atoms with E-state index < -0.39 is 17.9 Å². The molecule has 0 unspecified atom stereocenters.